The number of hydrogen-bond donors (Lipinski definition) is 3. The molecule has 3 N–H and O–H groups in total. The van der Waals surface area contributed by atoms with Crippen LogP contribution in [-0.4, -0.2) is 72.7 Å². The van der Waals surface area contributed by atoms with Crippen molar-refractivity contribution in [2.75, 3.05) is 26.7 Å². The fourth-order valence-corrected chi connectivity index (χ4v) is 5.17. The maximum absolute atomic E-state index is 14.0. The topological polar surface area (TPSA) is 103 Å². The molecule has 3 atom stereocenters. The first-order valence-corrected chi connectivity index (χ1v) is 14.9. The number of piperazine rings is 1. The van der Waals surface area contributed by atoms with Crippen LogP contribution in [0.15, 0.2) is 91.0 Å². The van der Waals surface area contributed by atoms with Crippen molar-refractivity contribution in [3.05, 3.63) is 108 Å². The largest absolute Gasteiger partial charge is 0.424 e. The molecule has 0 unspecified atom stereocenters. The third-order valence-electron chi connectivity index (χ3n) is 7.78. The zero-order valence-electron chi connectivity index (χ0n) is 25.4. The average Bonchev–Trinajstić information content (AvgIpc) is 3.03. The molecule has 3 aromatic carbocycles. The van der Waals surface area contributed by atoms with Crippen molar-refractivity contribution < 1.29 is 19.1 Å². The second-order valence-corrected chi connectivity index (χ2v) is 11.3. The van der Waals surface area contributed by atoms with Gasteiger partial charge >= 0.3 is 6.09 Å². The Hall–Kier alpha value is -4.21. The number of amides is 3. The first-order valence-electron chi connectivity index (χ1n) is 14.9. The number of likely N-dealkylation sites (N-methyl/N-ethyl adjacent to an activating group) is 1. The molecule has 9 nitrogen and oxygen atoms in total. The third kappa shape index (κ3) is 8.65. The van der Waals surface area contributed by atoms with Gasteiger partial charge in [0.25, 0.3) is 0 Å². The maximum Gasteiger partial charge on any atom is 0.409 e. The van der Waals surface area contributed by atoms with Crippen LogP contribution >= 0.6 is 0 Å². The highest BCUT2D eigenvalue weighted by Crippen LogP contribution is 2.23. The Morgan fingerprint density at radius 3 is 1.91 bits per heavy atom. The SMILES string of the molecule is CN[C@@H](C)C(=O)N[C@H](C(=O)N1CCN(Cc2ccccc2)C[C@@H]1OC(=O)NC(c1ccccc1)c1ccccc1)C(C)C. The molecule has 43 heavy (non-hydrogen) atoms. The predicted octanol–water partition coefficient (Wildman–Crippen LogP) is 3.92. The summed E-state index contributed by atoms with van der Waals surface area (Å²) in [4.78, 5) is 44.0. The Labute approximate surface area is 254 Å². The Kier molecular flexibility index (Phi) is 11.3. The highest BCUT2D eigenvalue weighted by atomic mass is 16.6. The van der Waals surface area contributed by atoms with E-state index in [1.165, 1.54) is 0 Å². The first-order chi connectivity index (χ1) is 20.8. The number of carbonyl (C=O) groups excluding carboxylic acids is 3. The second kappa shape index (κ2) is 15.3. The van der Waals surface area contributed by atoms with Crippen LogP contribution < -0.4 is 16.0 Å². The molecular formula is C34H43N5O4. The normalized spacial score (nSPS) is 16.9. The number of nitrogens with zero attached hydrogens (tertiary/aromatic N) is 2. The summed E-state index contributed by atoms with van der Waals surface area (Å²) in [7, 11) is 1.70. The van der Waals surface area contributed by atoms with E-state index in [4.69, 9.17) is 4.74 Å². The molecule has 0 aromatic heterocycles. The van der Waals surface area contributed by atoms with E-state index in [9.17, 15) is 14.4 Å². The predicted molar refractivity (Wildman–Crippen MR) is 167 cm³/mol. The Balaban J connectivity index is 1.56. The third-order valence-corrected chi connectivity index (χ3v) is 7.78. The number of nitrogens with one attached hydrogen (secondary N) is 3. The van der Waals surface area contributed by atoms with Crippen LogP contribution in [0.1, 0.15) is 43.5 Å². The molecule has 0 aliphatic carbocycles. The van der Waals surface area contributed by atoms with Crippen LogP contribution in [-0.2, 0) is 20.9 Å². The van der Waals surface area contributed by atoms with Gasteiger partial charge in [0.05, 0.1) is 18.6 Å². The van der Waals surface area contributed by atoms with Crippen molar-refractivity contribution in [1.82, 2.24) is 25.8 Å². The molecule has 0 saturated carbocycles. The monoisotopic (exact) mass is 585 g/mol. The highest BCUT2D eigenvalue weighted by Gasteiger charge is 2.38. The maximum atomic E-state index is 14.0. The molecular weight excluding hydrogens is 542 g/mol. The zero-order chi connectivity index (χ0) is 30.8. The fourth-order valence-electron chi connectivity index (χ4n) is 5.17. The van der Waals surface area contributed by atoms with E-state index in [1.807, 2.05) is 92.7 Å². The first kappa shape index (κ1) is 31.7. The Bertz CT molecular complexity index is 1280. The lowest BCUT2D eigenvalue weighted by molar-refractivity contribution is -0.153. The lowest BCUT2D eigenvalue weighted by Crippen LogP contribution is -2.62. The van der Waals surface area contributed by atoms with Crippen LogP contribution in [0.4, 0.5) is 4.79 Å². The van der Waals surface area contributed by atoms with Crippen molar-refractivity contribution in [1.29, 1.82) is 0 Å². The van der Waals surface area contributed by atoms with Gasteiger partial charge < -0.3 is 25.6 Å². The lowest BCUT2D eigenvalue weighted by Gasteiger charge is -2.42. The van der Waals surface area contributed by atoms with Crippen LogP contribution in [0, 0.1) is 5.92 Å². The van der Waals surface area contributed by atoms with E-state index in [2.05, 4.69) is 33.0 Å². The summed E-state index contributed by atoms with van der Waals surface area (Å²) in [5.74, 6) is -0.703. The molecule has 0 radical (unpaired) electrons. The van der Waals surface area contributed by atoms with Crippen molar-refractivity contribution >= 4 is 17.9 Å². The molecule has 1 saturated heterocycles. The van der Waals surface area contributed by atoms with Gasteiger partial charge in [-0.1, -0.05) is 105 Å². The van der Waals surface area contributed by atoms with E-state index in [0.29, 0.717) is 26.2 Å². The number of alkyl carbamates (subject to hydrolysis) is 1. The number of ether oxygens (including phenoxy) is 1. The van der Waals surface area contributed by atoms with E-state index in [0.717, 1.165) is 16.7 Å². The van der Waals surface area contributed by atoms with Crippen LogP contribution in [0.2, 0.25) is 0 Å². The van der Waals surface area contributed by atoms with E-state index >= 15 is 0 Å². The minimum Gasteiger partial charge on any atom is -0.424 e. The van der Waals surface area contributed by atoms with Gasteiger partial charge in [-0.05, 0) is 36.6 Å². The molecule has 3 amide bonds. The molecule has 228 valence electrons. The highest BCUT2D eigenvalue weighted by molar-refractivity contribution is 5.90. The minimum absolute atomic E-state index is 0.169. The van der Waals surface area contributed by atoms with E-state index in [1.54, 1.807) is 18.9 Å². The number of hydrogen-bond acceptors (Lipinski definition) is 6. The average molecular weight is 586 g/mol. The van der Waals surface area contributed by atoms with Crippen LogP contribution in [0.3, 0.4) is 0 Å². The zero-order valence-corrected chi connectivity index (χ0v) is 25.4. The van der Waals surface area contributed by atoms with E-state index < -0.39 is 30.4 Å². The number of rotatable bonds is 11. The molecule has 1 aliphatic heterocycles. The summed E-state index contributed by atoms with van der Waals surface area (Å²) in [6.07, 6.45) is -1.48. The molecule has 9 heteroatoms. The van der Waals surface area contributed by atoms with Crippen molar-refractivity contribution in [3.63, 3.8) is 0 Å². The van der Waals surface area contributed by atoms with Gasteiger partial charge in [-0.25, -0.2) is 4.79 Å². The molecule has 3 aromatic rings. The number of carbonyl (C=O) groups is 3. The van der Waals surface area contributed by atoms with Crippen LogP contribution in [0.5, 0.6) is 0 Å². The second-order valence-electron chi connectivity index (χ2n) is 11.3. The number of benzene rings is 3. The minimum atomic E-state index is -0.850. The van der Waals surface area contributed by atoms with Gasteiger partial charge in [-0.2, -0.15) is 0 Å². The molecule has 0 spiro atoms. The molecule has 1 aliphatic rings. The van der Waals surface area contributed by atoms with Crippen molar-refractivity contribution in [3.8, 4) is 0 Å². The van der Waals surface area contributed by atoms with Gasteiger partial charge in [-0.15, -0.1) is 0 Å². The summed E-state index contributed by atoms with van der Waals surface area (Å²) >= 11 is 0. The molecule has 1 heterocycles. The van der Waals surface area contributed by atoms with Gasteiger partial charge in [0.1, 0.15) is 6.04 Å². The summed E-state index contributed by atoms with van der Waals surface area (Å²) in [5, 5.41) is 8.85. The smallest absolute Gasteiger partial charge is 0.409 e. The van der Waals surface area contributed by atoms with Crippen LogP contribution in [0.25, 0.3) is 0 Å². The van der Waals surface area contributed by atoms with Gasteiger partial charge in [0.15, 0.2) is 6.23 Å². The summed E-state index contributed by atoms with van der Waals surface area (Å²) in [5.41, 5.74) is 2.95. The Morgan fingerprint density at radius 1 is 0.814 bits per heavy atom. The molecule has 0 bridgehead atoms. The van der Waals surface area contributed by atoms with E-state index in [-0.39, 0.29) is 17.7 Å². The Morgan fingerprint density at radius 2 is 1.37 bits per heavy atom. The van der Waals surface area contributed by atoms with Crippen molar-refractivity contribution in [2.45, 2.75) is 51.7 Å². The van der Waals surface area contributed by atoms with Gasteiger partial charge in [0.2, 0.25) is 11.8 Å². The summed E-state index contributed by atoms with van der Waals surface area (Å²) in [6.45, 7) is 7.48. The quantitative estimate of drug-likeness (QED) is 0.315. The summed E-state index contributed by atoms with van der Waals surface area (Å²) in [6, 6.07) is 27.8. The fraction of sp³-hybridized carbons (Fsp3) is 0.382. The molecule has 1 fully saturated rings. The lowest BCUT2D eigenvalue weighted by atomic mass is 9.99. The summed E-state index contributed by atoms with van der Waals surface area (Å²) < 4.78 is 6.06. The standard InChI is InChI=1S/C34H43N5O4/c1-24(2)30(36-32(40)25(3)35-4)33(41)39-21-20-38(22-26-14-8-5-9-15-26)23-29(39)43-34(42)37-31(27-16-10-6-11-17-27)28-18-12-7-13-19-28/h5-19,24-25,29-31,35H,20-23H2,1-4H3,(H,36,40)(H,37,42)/t25-,29-,30-/m0/s1. The van der Waals surface area contributed by atoms with Crippen molar-refractivity contribution in [2.24, 2.45) is 5.92 Å². The molecule has 4 rings (SSSR count). The van der Waals surface area contributed by atoms with Gasteiger partial charge in [0, 0.05) is 19.6 Å². The van der Waals surface area contributed by atoms with Gasteiger partial charge in [-0.3, -0.25) is 14.5 Å².